The summed E-state index contributed by atoms with van der Waals surface area (Å²) in [7, 11) is 1.53. The summed E-state index contributed by atoms with van der Waals surface area (Å²) >= 11 is 0. The van der Waals surface area contributed by atoms with Gasteiger partial charge in [0.15, 0.2) is 0 Å². The summed E-state index contributed by atoms with van der Waals surface area (Å²) in [6.45, 7) is 9.43. The third-order valence-corrected chi connectivity index (χ3v) is 4.33. The SMILES string of the molecule is C/C=C/COc1cc(C)c(OC/C=C/COc2cccc(/C(C)=N/OC)c2)c(C)c1. The lowest BCUT2D eigenvalue weighted by molar-refractivity contribution is 0.213. The van der Waals surface area contributed by atoms with Crippen molar-refractivity contribution >= 4 is 5.71 Å². The maximum atomic E-state index is 5.94. The molecule has 2 aromatic carbocycles. The Labute approximate surface area is 179 Å². The number of allylic oxidation sites excluding steroid dienone is 1. The van der Waals surface area contributed by atoms with Gasteiger partial charge in [0.25, 0.3) is 0 Å². The summed E-state index contributed by atoms with van der Waals surface area (Å²) in [5.74, 6) is 2.52. The van der Waals surface area contributed by atoms with Gasteiger partial charge in [-0.15, -0.1) is 0 Å². The number of aryl methyl sites for hydroxylation is 2. The van der Waals surface area contributed by atoms with Crippen molar-refractivity contribution in [1.82, 2.24) is 0 Å². The van der Waals surface area contributed by atoms with E-state index < -0.39 is 0 Å². The van der Waals surface area contributed by atoms with Gasteiger partial charge < -0.3 is 19.0 Å². The van der Waals surface area contributed by atoms with Gasteiger partial charge in [0.1, 0.15) is 44.2 Å². The highest BCUT2D eigenvalue weighted by atomic mass is 16.6. The second-order valence-corrected chi connectivity index (χ2v) is 6.75. The molecular formula is C25H31NO4. The van der Waals surface area contributed by atoms with E-state index in [1.54, 1.807) is 0 Å². The summed E-state index contributed by atoms with van der Waals surface area (Å²) in [6.07, 6.45) is 7.85. The maximum absolute atomic E-state index is 5.94. The molecule has 0 amide bonds. The molecule has 0 aliphatic heterocycles. The monoisotopic (exact) mass is 409 g/mol. The predicted molar refractivity (Wildman–Crippen MR) is 122 cm³/mol. The van der Waals surface area contributed by atoms with Gasteiger partial charge in [-0.25, -0.2) is 0 Å². The molecule has 0 spiro atoms. The Morgan fingerprint density at radius 2 is 1.50 bits per heavy atom. The molecule has 0 fully saturated rings. The molecule has 0 saturated carbocycles. The molecule has 0 heterocycles. The van der Waals surface area contributed by atoms with Crippen LogP contribution in [0.25, 0.3) is 0 Å². The zero-order chi connectivity index (χ0) is 21.8. The topological polar surface area (TPSA) is 49.3 Å². The van der Waals surface area contributed by atoms with E-state index in [-0.39, 0.29) is 0 Å². The van der Waals surface area contributed by atoms with Crippen LogP contribution in [-0.4, -0.2) is 32.6 Å². The Hall–Kier alpha value is -3.21. The number of hydrogen-bond donors (Lipinski definition) is 0. The first kappa shape index (κ1) is 23.1. The molecule has 0 unspecified atom stereocenters. The van der Waals surface area contributed by atoms with Crippen molar-refractivity contribution in [2.75, 3.05) is 26.9 Å². The highest BCUT2D eigenvalue weighted by Gasteiger charge is 2.06. The number of ether oxygens (including phenoxy) is 3. The third-order valence-electron chi connectivity index (χ3n) is 4.33. The van der Waals surface area contributed by atoms with E-state index in [4.69, 9.17) is 19.0 Å². The molecule has 0 saturated heterocycles. The normalized spacial score (nSPS) is 11.8. The minimum absolute atomic E-state index is 0.461. The molecule has 5 nitrogen and oxygen atoms in total. The first-order valence-corrected chi connectivity index (χ1v) is 9.99. The summed E-state index contributed by atoms with van der Waals surface area (Å²) in [5.41, 5.74) is 3.88. The van der Waals surface area contributed by atoms with E-state index in [1.165, 1.54) is 7.11 Å². The van der Waals surface area contributed by atoms with Crippen molar-refractivity contribution in [3.05, 3.63) is 77.4 Å². The Bertz CT molecular complexity index is 877. The van der Waals surface area contributed by atoms with Crippen molar-refractivity contribution in [2.45, 2.75) is 27.7 Å². The minimum atomic E-state index is 0.461. The van der Waals surface area contributed by atoms with Gasteiger partial charge in [-0.3, -0.25) is 0 Å². The fourth-order valence-corrected chi connectivity index (χ4v) is 2.87. The van der Waals surface area contributed by atoms with E-state index in [0.29, 0.717) is 19.8 Å². The summed E-state index contributed by atoms with van der Waals surface area (Å²) in [4.78, 5) is 4.82. The van der Waals surface area contributed by atoms with Crippen LogP contribution >= 0.6 is 0 Å². The number of hydrogen-bond acceptors (Lipinski definition) is 5. The van der Waals surface area contributed by atoms with Crippen molar-refractivity contribution in [1.29, 1.82) is 0 Å². The smallest absolute Gasteiger partial charge is 0.125 e. The summed E-state index contributed by atoms with van der Waals surface area (Å²) < 4.78 is 17.4. The average Bonchev–Trinajstić information content (AvgIpc) is 2.73. The zero-order valence-electron chi connectivity index (χ0n) is 18.5. The van der Waals surface area contributed by atoms with Gasteiger partial charge >= 0.3 is 0 Å². The van der Waals surface area contributed by atoms with Crippen LogP contribution in [-0.2, 0) is 4.84 Å². The molecule has 2 rings (SSSR count). The number of benzene rings is 2. The molecule has 0 aliphatic carbocycles. The number of oxime groups is 1. The van der Waals surface area contributed by atoms with Crippen molar-refractivity contribution < 1.29 is 19.0 Å². The van der Waals surface area contributed by atoms with Crippen LogP contribution in [0.15, 0.2) is 65.9 Å². The number of nitrogens with zero attached hydrogens (tertiary/aromatic N) is 1. The highest BCUT2D eigenvalue weighted by molar-refractivity contribution is 5.98. The van der Waals surface area contributed by atoms with E-state index in [1.807, 2.05) is 88.4 Å². The van der Waals surface area contributed by atoms with Gasteiger partial charge in [0, 0.05) is 5.56 Å². The average molecular weight is 410 g/mol. The molecule has 0 bridgehead atoms. The van der Waals surface area contributed by atoms with E-state index >= 15 is 0 Å². The van der Waals surface area contributed by atoms with E-state index in [2.05, 4.69) is 5.16 Å². The van der Waals surface area contributed by atoms with Crippen LogP contribution in [0, 0.1) is 13.8 Å². The molecule has 0 aromatic heterocycles. The molecule has 2 aromatic rings. The standard InChI is InChI=1S/C25H31NO4/c1-6-7-13-29-24-16-19(2)25(20(3)17-24)30-15-9-8-14-28-23-12-10-11-22(18-23)21(4)26-27-5/h6-12,16-18H,13-15H2,1-5H3/b7-6+,9-8+,26-21+. The van der Waals surface area contributed by atoms with Crippen LogP contribution in [0.2, 0.25) is 0 Å². The Morgan fingerprint density at radius 1 is 0.867 bits per heavy atom. The highest BCUT2D eigenvalue weighted by Crippen LogP contribution is 2.28. The Kier molecular flexibility index (Phi) is 9.52. The molecule has 160 valence electrons. The van der Waals surface area contributed by atoms with E-state index in [9.17, 15) is 0 Å². The fraction of sp³-hybridized carbons (Fsp3) is 0.320. The van der Waals surface area contributed by atoms with Gasteiger partial charge in [-0.1, -0.05) is 29.4 Å². The van der Waals surface area contributed by atoms with Crippen LogP contribution in [0.3, 0.4) is 0 Å². The van der Waals surface area contributed by atoms with Crippen molar-refractivity contribution in [2.24, 2.45) is 5.16 Å². The second-order valence-electron chi connectivity index (χ2n) is 6.75. The van der Waals surface area contributed by atoms with Crippen LogP contribution in [0.1, 0.15) is 30.5 Å². The van der Waals surface area contributed by atoms with Gasteiger partial charge in [-0.2, -0.15) is 0 Å². The van der Waals surface area contributed by atoms with Crippen molar-refractivity contribution in [3.63, 3.8) is 0 Å². The lowest BCUT2D eigenvalue weighted by atomic mass is 10.1. The molecule has 0 radical (unpaired) electrons. The number of rotatable bonds is 11. The van der Waals surface area contributed by atoms with Crippen LogP contribution in [0.4, 0.5) is 0 Å². The molecule has 0 aliphatic rings. The third kappa shape index (κ3) is 7.32. The van der Waals surface area contributed by atoms with Gasteiger partial charge in [0.2, 0.25) is 0 Å². The zero-order valence-corrected chi connectivity index (χ0v) is 18.5. The largest absolute Gasteiger partial charge is 0.490 e. The lowest BCUT2D eigenvalue weighted by Gasteiger charge is -2.13. The van der Waals surface area contributed by atoms with Crippen LogP contribution < -0.4 is 14.2 Å². The van der Waals surface area contributed by atoms with Gasteiger partial charge in [0.05, 0.1) is 5.71 Å². The molecular weight excluding hydrogens is 378 g/mol. The second kappa shape index (κ2) is 12.4. The maximum Gasteiger partial charge on any atom is 0.125 e. The molecule has 5 heteroatoms. The fourth-order valence-electron chi connectivity index (χ4n) is 2.87. The Balaban J connectivity index is 1.83. The quantitative estimate of drug-likeness (QED) is 0.274. The molecule has 0 atom stereocenters. The lowest BCUT2D eigenvalue weighted by Crippen LogP contribution is -2.01. The van der Waals surface area contributed by atoms with Crippen LogP contribution in [0.5, 0.6) is 17.2 Å². The van der Waals surface area contributed by atoms with Crippen molar-refractivity contribution in [3.8, 4) is 17.2 Å². The predicted octanol–water partition coefficient (Wildman–Crippen LogP) is 5.64. The summed E-state index contributed by atoms with van der Waals surface area (Å²) in [6, 6.07) is 11.8. The molecule has 30 heavy (non-hydrogen) atoms. The first-order valence-electron chi connectivity index (χ1n) is 9.99. The molecule has 0 N–H and O–H groups in total. The Morgan fingerprint density at radius 3 is 2.17 bits per heavy atom. The summed E-state index contributed by atoms with van der Waals surface area (Å²) in [5, 5.41) is 3.94. The first-order chi connectivity index (χ1) is 14.5. The van der Waals surface area contributed by atoms with E-state index in [0.717, 1.165) is 39.7 Å². The minimum Gasteiger partial charge on any atom is -0.490 e. The van der Waals surface area contributed by atoms with Gasteiger partial charge in [-0.05, 0) is 75.2 Å².